The third-order valence-corrected chi connectivity index (χ3v) is 6.13. The van der Waals surface area contributed by atoms with Crippen molar-refractivity contribution in [3.05, 3.63) is 65.2 Å². The van der Waals surface area contributed by atoms with E-state index in [4.69, 9.17) is 0 Å². The van der Waals surface area contributed by atoms with Gasteiger partial charge in [0.25, 0.3) is 0 Å². The summed E-state index contributed by atoms with van der Waals surface area (Å²) < 4.78 is 2.02. The van der Waals surface area contributed by atoms with Crippen LogP contribution in [0.1, 0.15) is 23.6 Å². The first-order chi connectivity index (χ1) is 13.5. The molecule has 1 atom stereocenters. The van der Waals surface area contributed by atoms with Gasteiger partial charge in [-0.3, -0.25) is 9.20 Å². The molecule has 0 aliphatic heterocycles. The summed E-state index contributed by atoms with van der Waals surface area (Å²) in [5.41, 5.74) is 6.09. The molecule has 0 fully saturated rings. The lowest BCUT2D eigenvalue weighted by Crippen LogP contribution is -2.23. The molecule has 0 saturated heterocycles. The Kier molecular flexibility index (Phi) is 4.81. The lowest BCUT2D eigenvalue weighted by molar-refractivity contribution is -0.115. The Morgan fingerprint density at radius 3 is 2.64 bits per heavy atom. The normalized spacial score (nSPS) is 12.4. The van der Waals surface area contributed by atoms with Gasteiger partial charge in [-0.15, -0.1) is 10.2 Å². The highest BCUT2D eigenvalue weighted by atomic mass is 32.2. The highest BCUT2D eigenvalue weighted by Crippen LogP contribution is 2.28. The van der Waals surface area contributed by atoms with Crippen molar-refractivity contribution < 1.29 is 4.79 Å². The predicted octanol–water partition coefficient (Wildman–Crippen LogP) is 4.93. The number of hydrogen-bond acceptors (Lipinski definition) is 4. The third-order valence-electron chi connectivity index (χ3n) is 5.09. The van der Waals surface area contributed by atoms with Crippen LogP contribution in [0.4, 0.5) is 5.69 Å². The van der Waals surface area contributed by atoms with Gasteiger partial charge in [0, 0.05) is 11.1 Å². The first-order valence-electron chi connectivity index (χ1n) is 9.23. The summed E-state index contributed by atoms with van der Waals surface area (Å²) in [7, 11) is 0. The topological polar surface area (TPSA) is 59.3 Å². The highest BCUT2D eigenvalue weighted by Gasteiger charge is 2.20. The van der Waals surface area contributed by atoms with E-state index in [0.29, 0.717) is 0 Å². The second-order valence-electron chi connectivity index (χ2n) is 7.02. The molecule has 6 heteroatoms. The lowest BCUT2D eigenvalue weighted by Gasteiger charge is -2.14. The fourth-order valence-electron chi connectivity index (χ4n) is 3.28. The number of carbonyl (C=O) groups is 1. The standard InChI is InChI=1S/C22H22N4OS/c1-13-8-7-10-18(15(13)3)23-21(27)16(4)28-22-25-24-20-12-14(2)17-9-5-6-11-19(17)26(20)22/h5-12,16H,1-4H3,(H,23,27)/t16-/m1/s1. The third kappa shape index (κ3) is 3.24. The summed E-state index contributed by atoms with van der Waals surface area (Å²) in [5.74, 6) is -0.0492. The summed E-state index contributed by atoms with van der Waals surface area (Å²) in [6, 6.07) is 16.1. The average Bonchev–Trinajstić information content (AvgIpc) is 3.08. The Hall–Kier alpha value is -2.86. The number of nitrogens with one attached hydrogen (secondary N) is 1. The molecule has 0 spiro atoms. The summed E-state index contributed by atoms with van der Waals surface area (Å²) in [4.78, 5) is 12.8. The zero-order valence-corrected chi connectivity index (χ0v) is 17.2. The van der Waals surface area contributed by atoms with Gasteiger partial charge in [-0.05, 0) is 62.6 Å². The number of fused-ring (bicyclic) bond motifs is 3. The zero-order valence-electron chi connectivity index (χ0n) is 16.4. The van der Waals surface area contributed by atoms with Gasteiger partial charge >= 0.3 is 0 Å². The van der Waals surface area contributed by atoms with Crippen molar-refractivity contribution in [3.8, 4) is 0 Å². The molecule has 4 aromatic rings. The van der Waals surface area contributed by atoms with Crippen LogP contribution in [0.15, 0.2) is 53.7 Å². The molecule has 0 saturated carbocycles. The van der Waals surface area contributed by atoms with Gasteiger partial charge in [0.15, 0.2) is 10.8 Å². The van der Waals surface area contributed by atoms with E-state index in [1.807, 2.05) is 61.6 Å². The van der Waals surface area contributed by atoms with E-state index in [1.165, 1.54) is 11.8 Å². The number of para-hydroxylation sites is 1. The maximum atomic E-state index is 12.8. The number of aryl methyl sites for hydroxylation is 2. The van der Waals surface area contributed by atoms with Crippen LogP contribution in [0.25, 0.3) is 16.6 Å². The number of rotatable bonds is 4. The minimum Gasteiger partial charge on any atom is -0.325 e. The Bertz CT molecular complexity index is 1200. The molecular weight excluding hydrogens is 368 g/mol. The molecule has 1 N–H and O–H groups in total. The molecule has 2 aromatic heterocycles. The van der Waals surface area contributed by atoms with E-state index in [-0.39, 0.29) is 11.2 Å². The molecule has 0 bridgehead atoms. The maximum Gasteiger partial charge on any atom is 0.237 e. The monoisotopic (exact) mass is 390 g/mol. The van der Waals surface area contributed by atoms with Crippen molar-refractivity contribution in [3.63, 3.8) is 0 Å². The highest BCUT2D eigenvalue weighted by molar-refractivity contribution is 8.00. The fraction of sp³-hybridized carbons (Fsp3) is 0.227. The molecule has 0 aliphatic carbocycles. The van der Waals surface area contributed by atoms with Crippen LogP contribution in [-0.2, 0) is 4.79 Å². The molecule has 0 unspecified atom stereocenters. The molecule has 2 aromatic carbocycles. The molecule has 142 valence electrons. The van der Waals surface area contributed by atoms with Crippen molar-refractivity contribution in [1.82, 2.24) is 14.6 Å². The van der Waals surface area contributed by atoms with Gasteiger partial charge < -0.3 is 5.32 Å². The number of benzene rings is 2. The Balaban J connectivity index is 1.64. The summed E-state index contributed by atoms with van der Waals surface area (Å²) in [6.45, 7) is 8.02. The van der Waals surface area contributed by atoms with Crippen LogP contribution >= 0.6 is 11.8 Å². The second kappa shape index (κ2) is 7.28. The Morgan fingerprint density at radius 1 is 1.04 bits per heavy atom. The number of thioether (sulfide) groups is 1. The van der Waals surface area contributed by atoms with E-state index in [1.54, 1.807) is 0 Å². The SMILES string of the molecule is Cc1cccc(NC(=O)[C@@H](C)Sc2nnc3cc(C)c4ccccc4n23)c1C. The Labute approximate surface area is 168 Å². The molecule has 5 nitrogen and oxygen atoms in total. The number of amides is 1. The van der Waals surface area contributed by atoms with E-state index < -0.39 is 0 Å². The van der Waals surface area contributed by atoms with Crippen LogP contribution in [0.5, 0.6) is 0 Å². The van der Waals surface area contributed by atoms with E-state index in [0.717, 1.165) is 44.1 Å². The largest absolute Gasteiger partial charge is 0.325 e. The van der Waals surface area contributed by atoms with Gasteiger partial charge in [-0.1, -0.05) is 42.1 Å². The number of hydrogen-bond donors (Lipinski definition) is 1. The van der Waals surface area contributed by atoms with Crippen LogP contribution in [0.3, 0.4) is 0 Å². The van der Waals surface area contributed by atoms with Crippen molar-refractivity contribution in [2.75, 3.05) is 5.32 Å². The van der Waals surface area contributed by atoms with Crippen molar-refractivity contribution >= 4 is 39.9 Å². The summed E-state index contributed by atoms with van der Waals surface area (Å²) >= 11 is 1.42. The van der Waals surface area contributed by atoms with Gasteiger partial charge in [0.2, 0.25) is 5.91 Å². The number of nitrogens with zero attached hydrogens (tertiary/aromatic N) is 3. The fourth-order valence-corrected chi connectivity index (χ4v) is 4.15. The second-order valence-corrected chi connectivity index (χ2v) is 8.33. The number of anilines is 1. The number of pyridine rings is 1. The summed E-state index contributed by atoms with van der Waals surface area (Å²) in [6.07, 6.45) is 0. The van der Waals surface area contributed by atoms with Crippen LogP contribution < -0.4 is 5.32 Å². The van der Waals surface area contributed by atoms with Crippen LogP contribution in [-0.4, -0.2) is 25.8 Å². The lowest BCUT2D eigenvalue weighted by atomic mass is 10.1. The van der Waals surface area contributed by atoms with E-state index in [9.17, 15) is 4.79 Å². The van der Waals surface area contributed by atoms with Crippen LogP contribution in [0, 0.1) is 20.8 Å². The van der Waals surface area contributed by atoms with Crippen molar-refractivity contribution in [2.45, 2.75) is 38.1 Å². The van der Waals surface area contributed by atoms with Crippen molar-refractivity contribution in [2.24, 2.45) is 0 Å². The van der Waals surface area contributed by atoms with Gasteiger partial charge in [-0.25, -0.2) is 0 Å². The minimum absolute atomic E-state index is 0.0492. The zero-order chi connectivity index (χ0) is 19.8. The summed E-state index contributed by atoms with van der Waals surface area (Å²) in [5, 5.41) is 13.3. The maximum absolute atomic E-state index is 12.8. The van der Waals surface area contributed by atoms with Gasteiger partial charge in [0.05, 0.1) is 10.8 Å². The average molecular weight is 391 g/mol. The predicted molar refractivity (Wildman–Crippen MR) is 115 cm³/mol. The Morgan fingerprint density at radius 2 is 1.82 bits per heavy atom. The van der Waals surface area contributed by atoms with Crippen molar-refractivity contribution in [1.29, 1.82) is 0 Å². The van der Waals surface area contributed by atoms with Gasteiger partial charge in [-0.2, -0.15) is 0 Å². The molecule has 1 amide bonds. The van der Waals surface area contributed by atoms with Crippen LogP contribution in [0.2, 0.25) is 0 Å². The van der Waals surface area contributed by atoms with E-state index in [2.05, 4.69) is 34.6 Å². The molecular formula is C22H22N4OS. The molecule has 28 heavy (non-hydrogen) atoms. The molecule has 0 radical (unpaired) electrons. The number of carbonyl (C=O) groups excluding carboxylic acids is 1. The smallest absolute Gasteiger partial charge is 0.237 e. The number of aromatic nitrogens is 3. The van der Waals surface area contributed by atoms with E-state index >= 15 is 0 Å². The first-order valence-corrected chi connectivity index (χ1v) is 10.1. The molecule has 2 heterocycles. The minimum atomic E-state index is -0.313. The quantitative estimate of drug-likeness (QED) is 0.502. The molecule has 4 rings (SSSR count). The first kappa shape index (κ1) is 18.5. The molecule has 0 aliphatic rings. The van der Waals surface area contributed by atoms with Gasteiger partial charge in [0.1, 0.15) is 0 Å².